The molecule has 1 N–H and O–H groups in total. The number of carbonyl (C=O) groups excluding carboxylic acids is 2. The van der Waals surface area contributed by atoms with Crippen molar-refractivity contribution in [3.63, 3.8) is 0 Å². The summed E-state index contributed by atoms with van der Waals surface area (Å²) in [5.74, 6) is 0.315. The Morgan fingerprint density at radius 1 is 1.11 bits per heavy atom. The third-order valence-electron chi connectivity index (χ3n) is 6.69. The number of anilines is 1. The van der Waals surface area contributed by atoms with Gasteiger partial charge in [0.05, 0.1) is 17.0 Å². The second-order valence-corrected chi connectivity index (χ2v) is 10.2. The van der Waals surface area contributed by atoms with Gasteiger partial charge in [0.15, 0.2) is 5.78 Å². The van der Waals surface area contributed by atoms with E-state index in [-0.39, 0.29) is 11.7 Å². The molecule has 1 amide bonds. The summed E-state index contributed by atoms with van der Waals surface area (Å²) in [5, 5.41) is 5.09. The summed E-state index contributed by atoms with van der Waals surface area (Å²) in [6.07, 6.45) is 2.45. The number of likely N-dealkylation sites (tertiary alicyclic amines) is 1. The lowest BCUT2D eigenvalue weighted by molar-refractivity contribution is 0.101. The number of amides is 1. The van der Waals surface area contributed by atoms with Gasteiger partial charge >= 0.3 is 0 Å². The van der Waals surface area contributed by atoms with E-state index in [0.717, 1.165) is 51.8 Å². The molecule has 5 rings (SSSR count). The summed E-state index contributed by atoms with van der Waals surface area (Å²) < 4.78 is 6.20. The average molecular weight is 488 g/mol. The van der Waals surface area contributed by atoms with Gasteiger partial charge in [-0.1, -0.05) is 24.3 Å². The molecule has 7 heteroatoms. The molecule has 1 saturated heterocycles. The Bertz CT molecular complexity index is 1440. The molecule has 180 valence electrons. The van der Waals surface area contributed by atoms with Gasteiger partial charge in [0.25, 0.3) is 5.91 Å². The number of aromatic nitrogens is 1. The topological polar surface area (TPSA) is 71.5 Å². The van der Waals surface area contributed by atoms with Gasteiger partial charge in [0, 0.05) is 34.7 Å². The monoisotopic (exact) mass is 487 g/mol. The zero-order valence-electron chi connectivity index (χ0n) is 20.3. The Kier molecular flexibility index (Phi) is 6.65. The fraction of sp³-hybridized carbons (Fsp3) is 0.321. The van der Waals surface area contributed by atoms with E-state index in [0.29, 0.717) is 22.9 Å². The zero-order valence-corrected chi connectivity index (χ0v) is 21.1. The van der Waals surface area contributed by atoms with Crippen LogP contribution in [0.25, 0.3) is 21.0 Å². The fourth-order valence-corrected chi connectivity index (χ4v) is 6.31. The first-order valence-electron chi connectivity index (χ1n) is 11.9. The molecule has 0 saturated carbocycles. The van der Waals surface area contributed by atoms with Crippen molar-refractivity contribution in [2.45, 2.75) is 39.8 Å². The summed E-state index contributed by atoms with van der Waals surface area (Å²) in [6.45, 7) is 6.95. The van der Waals surface area contributed by atoms with Gasteiger partial charge < -0.3 is 10.1 Å². The number of hydrogen-bond acceptors (Lipinski definition) is 6. The molecule has 0 atom stereocenters. The largest absolute Gasteiger partial charge is 0.380 e. The highest BCUT2D eigenvalue weighted by molar-refractivity contribution is 7.21. The number of fused-ring (bicyclic) bond motifs is 2. The van der Waals surface area contributed by atoms with Crippen LogP contribution in [0, 0.1) is 6.92 Å². The molecule has 0 aliphatic carbocycles. The van der Waals surface area contributed by atoms with Gasteiger partial charge in [-0.3, -0.25) is 14.5 Å². The first-order chi connectivity index (χ1) is 17.0. The first kappa shape index (κ1) is 23.6. The van der Waals surface area contributed by atoms with E-state index < -0.39 is 0 Å². The van der Waals surface area contributed by atoms with E-state index in [2.05, 4.69) is 16.3 Å². The Labute approximate surface area is 208 Å². The summed E-state index contributed by atoms with van der Waals surface area (Å²) >= 11 is 1.36. The van der Waals surface area contributed by atoms with Crippen LogP contribution in [0.4, 0.5) is 5.82 Å². The van der Waals surface area contributed by atoms with Gasteiger partial charge in [0.2, 0.25) is 0 Å². The third-order valence-corrected chi connectivity index (χ3v) is 8.01. The smallest absolute Gasteiger partial charge is 0.267 e. The van der Waals surface area contributed by atoms with Crippen LogP contribution in [-0.2, 0) is 17.9 Å². The molecule has 0 bridgehead atoms. The molecule has 2 aromatic carbocycles. The average Bonchev–Trinajstić information content (AvgIpc) is 3.47. The van der Waals surface area contributed by atoms with Crippen LogP contribution >= 0.6 is 11.3 Å². The van der Waals surface area contributed by atoms with Crippen LogP contribution in [0.3, 0.4) is 0 Å². The maximum absolute atomic E-state index is 13.5. The molecule has 6 nitrogen and oxygen atoms in total. The predicted molar refractivity (Wildman–Crippen MR) is 141 cm³/mol. The molecular formula is C28H29N3O3S. The number of aryl methyl sites for hydroxylation is 1. The predicted octanol–water partition coefficient (Wildman–Crippen LogP) is 5.96. The first-order valence-corrected chi connectivity index (χ1v) is 12.7. The molecule has 0 spiro atoms. The van der Waals surface area contributed by atoms with Crippen molar-refractivity contribution in [2.75, 3.05) is 25.5 Å². The lowest BCUT2D eigenvalue weighted by Gasteiger charge is -2.17. The van der Waals surface area contributed by atoms with Crippen molar-refractivity contribution < 1.29 is 14.3 Å². The Morgan fingerprint density at radius 2 is 1.89 bits per heavy atom. The van der Waals surface area contributed by atoms with Crippen LogP contribution in [0.2, 0.25) is 0 Å². The summed E-state index contributed by atoms with van der Waals surface area (Å²) in [4.78, 5) is 33.5. The van der Waals surface area contributed by atoms with Gasteiger partial charge in [-0.15, -0.1) is 11.3 Å². The maximum Gasteiger partial charge on any atom is 0.267 e. The molecule has 0 radical (unpaired) electrons. The van der Waals surface area contributed by atoms with E-state index in [4.69, 9.17) is 9.72 Å². The quantitative estimate of drug-likeness (QED) is 0.326. The second-order valence-electron chi connectivity index (χ2n) is 9.14. The lowest BCUT2D eigenvalue weighted by atomic mass is 10.0. The number of nitrogens with zero attached hydrogens (tertiary/aromatic N) is 2. The number of ether oxygens (including phenoxy) is 1. The van der Waals surface area contributed by atoms with Crippen molar-refractivity contribution in [3.05, 3.63) is 69.6 Å². The van der Waals surface area contributed by atoms with E-state index >= 15 is 0 Å². The Morgan fingerprint density at radius 3 is 2.63 bits per heavy atom. The minimum Gasteiger partial charge on any atom is -0.380 e. The fourth-order valence-electron chi connectivity index (χ4n) is 5.00. The van der Waals surface area contributed by atoms with E-state index in [1.807, 2.05) is 43.3 Å². The number of benzene rings is 2. The number of nitrogens with one attached hydrogen (secondary N) is 1. The standard InChI is InChI=1S/C28H29N3O3S/c1-17-25-19(16-34-3)10-11-21(18(2)32)27(25)35-26(17)28(33)30-24-14-20(15-31-12-6-7-13-31)22-8-4-5-9-23(22)29-24/h4-5,8-11,14H,6-7,12-13,15-16H2,1-3H3,(H,29,30,33). The van der Waals surface area contributed by atoms with Gasteiger partial charge in [-0.05, 0) is 74.7 Å². The number of Topliss-reactive ketones (excluding diaryl/α,β-unsaturated/α-hetero) is 1. The summed E-state index contributed by atoms with van der Waals surface area (Å²) in [7, 11) is 1.64. The second kappa shape index (κ2) is 9.85. The molecule has 2 aromatic heterocycles. The number of thiophene rings is 1. The van der Waals surface area contributed by atoms with Crippen molar-refractivity contribution in [3.8, 4) is 0 Å². The normalized spacial score (nSPS) is 14.1. The number of rotatable bonds is 7. The SMILES string of the molecule is COCc1ccc(C(C)=O)c2sc(C(=O)Nc3cc(CN4CCCC4)c4ccccc4n3)c(C)c12. The van der Waals surface area contributed by atoms with Crippen LogP contribution in [-0.4, -0.2) is 41.8 Å². The Balaban J connectivity index is 1.53. The van der Waals surface area contributed by atoms with Crippen LogP contribution in [0.1, 0.15) is 56.5 Å². The Hall–Kier alpha value is -3.13. The highest BCUT2D eigenvalue weighted by Crippen LogP contribution is 2.37. The van der Waals surface area contributed by atoms with Crippen molar-refractivity contribution in [2.24, 2.45) is 0 Å². The number of hydrogen-bond donors (Lipinski definition) is 1. The van der Waals surface area contributed by atoms with E-state index in [1.165, 1.54) is 29.7 Å². The van der Waals surface area contributed by atoms with Crippen LogP contribution in [0.15, 0.2) is 42.5 Å². The number of ketones is 1. The molecule has 35 heavy (non-hydrogen) atoms. The number of para-hydroxylation sites is 1. The highest BCUT2D eigenvalue weighted by atomic mass is 32.1. The van der Waals surface area contributed by atoms with Gasteiger partial charge in [-0.25, -0.2) is 4.98 Å². The minimum atomic E-state index is -0.212. The number of methoxy groups -OCH3 is 1. The van der Waals surface area contributed by atoms with Crippen molar-refractivity contribution >= 4 is 49.8 Å². The van der Waals surface area contributed by atoms with Crippen molar-refractivity contribution in [1.82, 2.24) is 9.88 Å². The molecule has 1 aliphatic rings. The lowest BCUT2D eigenvalue weighted by Crippen LogP contribution is -2.19. The highest BCUT2D eigenvalue weighted by Gasteiger charge is 2.22. The van der Waals surface area contributed by atoms with Crippen molar-refractivity contribution in [1.29, 1.82) is 0 Å². The molecule has 0 unspecified atom stereocenters. The molecular weight excluding hydrogens is 458 g/mol. The third kappa shape index (κ3) is 4.59. The zero-order chi connectivity index (χ0) is 24.5. The molecule has 1 fully saturated rings. The van der Waals surface area contributed by atoms with Gasteiger partial charge in [0.1, 0.15) is 5.82 Å². The molecule has 1 aliphatic heterocycles. The van der Waals surface area contributed by atoms with Crippen LogP contribution in [0.5, 0.6) is 0 Å². The summed E-state index contributed by atoms with van der Waals surface area (Å²) in [6, 6.07) is 13.8. The molecule has 4 aromatic rings. The van der Waals surface area contributed by atoms with Crippen LogP contribution < -0.4 is 5.32 Å². The number of carbonyl (C=O) groups is 2. The maximum atomic E-state index is 13.5. The molecule has 3 heterocycles. The van der Waals surface area contributed by atoms with E-state index in [9.17, 15) is 9.59 Å². The number of pyridine rings is 1. The summed E-state index contributed by atoms with van der Waals surface area (Å²) in [5.41, 5.74) is 4.49. The van der Waals surface area contributed by atoms with E-state index in [1.54, 1.807) is 14.0 Å². The minimum absolute atomic E-state index is 0.0186. The van der Waals surface area contributed by atoms with Gasteiger partial charge in [-0.2, -0.15) is 0 Å².